The van der Waals surface area contributed by atoms with Gasteiger partial charge in [0.1, 0.15) is 0 Å². The third-order valence-corrected chi connectivity index (χ3v) is 6.42. The topological polar surface area (TPSA) is 0 Å². The van der Waals surface area contributed by atoms with Crippen molar-refractivity contribution in [2.45, 2.75) is 12.8 Å². The standard InChI is InChI=1S/C26H16/c1-5-15-6-2-10-18-22-14-24-20-12-4-8-16-7-3-11-19(26(16)20)23(24)13-21(22)17(9-1)25(15)18/h1-3,5-11,13-14H,4,12H2. The average molecular weight is 328 g/mol. The Hall–Kier alpha value is -3.12. The summed E-state index contributed by atoms with van der Waals surface area (Å²) in [5.74, 6) is 0. The zero-order valence-corrected chi connectivity index (χ0v) is 14.3. The fourth-order valence-corrected chi connectivity index (χ4v) is 5.38. The SMILES string of the molecule is C1=c2cccc3c2c(c2cc4c(cc23)c2cccc3cccc4c32)CC1. The van der Waals surface area contributed by atoms with Crippen molar-refractivity contribution in [1.82, 2.24) is 0 Å². The maximum Gasteiger partial charge on any atom is -0.00264 e. The van der Waals surface area contributed by atoms with Gasteiger partial charge in [0.15, 0.2) is 0 Å². The van der Waals surface area contributed by atoms with Gasteiger partial charge in [-0.2, -0.15) is 0 Å². The second kappa shape index (κ2) is 4.34. The molecule has 0 aromatic heterocycles. The fourth-order valence-electron chi connectivity index (χ4n) is 5.38. The van der Waals surface area contributed by atoms with Gasteiger partial charge in [0.25, 0.3) is 0 Å². The van der Waals surface area contributed by atoms with Crippen molar-refractivity contribution >= 4 is 59.9 Å². The summed E-state index contributed by atoms with van der Waals surface area (Å²) in [7, 11) is 0. The highest BCUT2D eigenvalue weighted by Gasteiger charge is 2.18. The van der Waals surface area contributed by atoms with Crippen molar-refractivity contribution in [2.75, 3.05) is 0 Å². The lowest BCUT2D eigenvalue weighted by Gasteiger charge is -2.05. The van der Waals surface area contributed by atoms with Crippen LogP contribution in [0, 0.1) is 0 Å². The van der Waals surface area contributed by atoms with Gasteiger partial charge < -0.3 is 0 Å². The molecule has 0 spiro atoms. The van der Waals surface area contributed by atoms with Crippen LogP contribution in [0.4, 0.5) is 0 Å². The van der Waals surface area contributed by atoms with Gasteiger partial charge in [-0.1, -0.05) is 60.7 Å². The average Bonchev–Trinajstić information content (AvgIpc) is 3.18. The molecular formula is C26H16. The van der Waals surface area contributed by atoms with Crippen molar-refractivity contribution in [3.05, 3.63) is 77.5 Å². The Bertz CT molecular complexity index is 1560. The van der Waals surface area contributed by atoms with Crippen molar-refractivity contribution < 1.29 is 0 Å². The lowest BCUT2D eigenvalue weighted by molar-refractivity contribution is 1.05. The van der Waals surface area contributed by atoms with Crippen molar-refractivity contribution in [3.63, 3.8) is 0 Å². The maximum atomic E-state index is 2.48. The highest BCUT2D eigenvalue weighted by molar-refractivity contribution is 6.33. The predicted molar refractivity (Wildman–Crippen MR) is 113 cm³/mol. The van der Waals surface area contributed by atoms with E-state index >= 15 is 0 Å². The molecule has 1 aliphatic rings. The quantitative estimate of drug-likeness (QED) is 0.305. The molecule has 0 atom stereocenters. The Morgan fingerprint density at radius 3 is 1.92 bits per heavy atom. The minimum absolute atomic E-state index is 1.15. The number of rotatable bonds is 0. The first-order chi connectivity index (χ1) is 12.9. The summed E-state index contributed by atoms with van der Waals surface area (Å²) in [6.07, 6.45) is 4.71. The molecule has 0 saturated heterocycles. The second-order valence-electron chi connectivity index (χ2n) is 7.64. The largest absolute Gasteiger partial charge is 0.0763 e. The molecule has 0 heteroatoms. The van der Waals surface area contributed by atoms with Crippen LogP contribution >= 0.6 is 0 Å². The normalized spacial score (nSPS) is 14.2. The number of fused-ring (bicyclic) bond motifs is 6. The van der Waals surface area contributed by atoms with Crippen molar-refractivity contribution in [1.29, 1.82) is 0 Å². The van der Waals surface area contributed by atoms with E-state index in [4.69, 9.17) is 0 Å². The first-order valence-electron chi connectivity index (χ1n) is 9.44. The molecule has 0 N–H and O–H groups in total. The molecule has 0 amide bonds. The zero-order valence-electron chi connectivity index (χ0n) is 14.3. The molecule has 6 aromatic carbocycles. The lowest BCUT2D eigenvalue weighted by atomic mass is 9.98. The third-order valence-electron chi connectivity index (χ3n) is 6.42. The fraction of sp³-hybridized carbons (Fsp3) is 0.0769. The molecule has 0 bridgehead atoms. The van der Waals surface area contributed by atoms with Crippen LogP contribution in [0.3, 0.4) is 0 Å². The minimum Gasteiger partial charge on any atom is -0.0763 e. The predicted octanol–water partition coefficient (Wildman–Crippen LogP) is 6.34. The first-order valence-corrected chi connectivity index (χ1v) is 9.44. The highest BCUT2D eigenvalue weighted by Crippen LogP contribution is 2.43. The van der Waals surface area contributed by atoms with E-state index < -0.39 is 0 Å². The Morgan fingerprint density at radius 2 is 1.15 bits per heavy atom. The van der Waals surface area contributed by atoms with E-state index in [0.717, 1.165) is 12.8 Å². The van der Waals surface area contributed by atoms with E-state index in [1.54, 1.807) is 5.56 Å². The van der Waals surface area contributed by atoms with Crippen LogP contribution in [0.1, 0.15) is 12.0 Å². The summed E-state index contributed by atoms with van der Waals surface area (Å²) in [6.45, 7) is 0. The van der Waals surface area contributed by atoms with E-state index in [-0.39, 0.29) is 0 Å². The highest BCUT2D eigenvalue weighted by atomic mass is 14.2. The molecule has 0 radical (unpaired) electrons. The van der Waals surface area contributed by atoms with Crippen LogP contribution < -0.4 is 5.22 Å². The maximum absolute atomic E-state index is 2.48. The molecular weight excluding hydrogens is 312 g/mol. The van der Waals surface area contributed by atoms with Gasteiger partial charge in [-0.25, -0.2) is 0 Å². The Balaban J connectivity index is 1.82. The van der Waals surface area contributed by atoms with Gasteiger partial charge in [0.2, 0.25) is 0 Å². The Labute approximate surface area is 150 Å². The first kappa shape index (κ1) is 13.1. The van der Waals surface area contributed by atoms with E-state index in [2.05, 4.69) is 72.8 Å². The van der Waals surface area contributed by atoms with Gasteiger partial charge in [-0.15, -0.1) is 0 Å². The number of hydrogen-bond acceptors (Lipinski definition) is 0. The summed E-state index contributed by atoms with van der Waals surface area (Å²) >= 11 is 0. The molecule has 0 unspecified atom stereocenters. The van der Waals surface area contributed by atoms with E-state index in [1.165, 1.54) is 59.1 Å². The van der Waals surface area contributed by atoms with Crippen LogP contribution in [0.2, 0.25) is 0 Å². The molecule has 6 aromatic rings. The van der Waals surface area contributed by atoms with Crippen molar-refractivity contribution in [3.8, 4) is 0 Å². The Morgan fingerprint density at radius 1 is 0.538 bits per heavy atom. The van der Waals surface area contributed by atoms with E-state index in [0.29, 0.717) is 0 Å². The molecule has 0 saturated carbocycles. The van der Waals surface area contributed by atoms with Gasteiger partial charge in [0.05, 0.1) is 0 Å². The molecule has 120 valence electrons. The second-order valence-corrected chi connectivity index (χ2v) is 7.64. The number of hydrogen-bond donors (Lipinski definition) is 0. The van der Waals surface area contributed by atoms with Crippen LogP contribution in [0.15, 0.2) is 66.7 Å². The molecule has 26 heavy (non-hydrogen) atoms. The van der Waals surface area contributed by atoms with Crippen LogP contribution in [-0.4, -0.2) is 0 Å². The number of benzene rings is 4. The van der Waals surface area contributed by atoms with Gasteiger partial charge >= 0.3 is 0 Å². The summed E-state index contributed by atoms with van der Waals surface area (Å²) in [5.41, 5.74) is 1.55. The van der Waals surface area contributed by atoms with Gasteiger partial charge in [-0.3, -0.25) is 0 Å². The summed E-state index contributed by atoms with van der Waals surface area (Å²) in [5, 5.41) is 15.6. The molecule has 0 aliphatic heterocycles. The van der Waals surface area contributed by atoms with Crippen LogP contribution in [0.5, 0.6) is 0 Å². The zero-order chi connectivity index (χ0) is 16.8. The monoisotopic (exact) mass is 328 g/mol. The Kier molecular flexibility index (Phi) is 2.19. The lowest BCUT2D eigenvalue weighted by Crippen LogP contribution is -2.06. The summed E-state index contributed by atoms with van der Waals surface area (Å²) in [4.78, 5) is 0. The summed E-state index contributed by atoms with van der Waals surface area (Å²) < 4.78 is 0. The third kappa shape index (κ3) is 1.40. The molecule has 1 aliphatic carbocycles. The van der Waals surface area contributed by atoms with Crippen molar-refractivity contribution in [2.24, 2.45) is 0 Å². The number of aryl methyl sites for hydroxylation is 1. The smallest absolute Gasteiger partial charge is 0.00264 e. The van der Waals surface area contributed by atoms with Gasteiger partial charge in [-0.05, 0) is 89.6 Å². The molecule has 0 fully saturated rings. The summed E-state index contributed by atoms with van der Waals surface area (Å²) in [6, 6.07) is 25.1. The molecule has 7 rings (SSSR count). The van der Waals surface area contributed by atoms with Crippen LogP contribution in [0.25, 0.3) is 59.9 Å². The van der Waals surface area contributed by atoms with E-state index in [9.17, 15) is 0 Å². The molecule has 0 nitrogen and oxygen atoms in total. The minimum atomic E-state index is 1.15. The van der Waals surface area contributed by atoms with Crippen LogP contribution in [-0.2, 0) is 6.42 Å². The van der Waals surface area contributed by atoms with E-state index in [1.807, 2.05) is 0 Å². The van der Waals surface area contributed by atoms with Gasteiger partial charge in [0, 0.05) is 0 Å². The molecule has 0 heterocycles.